The van der Waals surface area contributed by atoms with Gasteiger partial charge in [0.25, 0.3) is 0 Å². The Balaban J connectivity index is 1.78. The molecule has 0 aliphatic carbocycles. The minimum atomic E-state index is -2.25. The summed E-state index contributed by atoms with van der Waals surface area (Å²) in [6.07, 6.45) is 4.80. The Morgan fingerprint density at radius 1 is 0.966 bits per heavy atom. The van der Waals surface area contributed by atoms with Crippen molar-refractivity contribution in [2.45, 2.75) is 57.2 Å². The van der Waals surface area contributed by atoms with Crippen LogP contribution in [0.25, 0.3) is 0 Å². The second kappa shape index (κ2) is 8.21. The summed E-state index contributed by atoms with van der Waals surface area (Å²) in [5, 5.41) is 10.0. The van der Waals surface area contributed by atoms with Crippen LogP contribution in [0.1, 0.15) is 50.1 Å². The van der Waals surface area contributed by atoms with E-state index in [4.69, 9.17) is 4.43 Å². The van der Waals surface area contributed by atoms with Gasteiger partial charge in [0.05, 0.1) is 11.8 Å². The number of hydrogen-bond donors (Lipinski definition) is 0. The Hall–Kier alpha value is -2.30. The monoisotopic (exact) mass is 402 g/mol. The number of nitrogens with zero attached hydrogens (tertiary/aromatic N) is 2. The van der Waals surface area contributed by atoms with Crippen LogP contribution in [0.3, 0.4) is 0 Å². The molecule has 2 aromatic carbocycles. The summed E-state index contributed by atoms with van der Waals surface area (Å²) in [6.45, 7) is 7.10. The molecule has 1 aliphatic heterocycles. The Bertz CT molecular complexity index is 940. The van der Waals surface area contributed by atoms with E-state index in [9.17, 15) is 0 Å². The van der Waals surface area contributed by atoms with Gasteiger partial charge >= 0.3 is 0 Å². The molecule has 4 heteroatoms. The Morgan fingerprint density at radius 2 is 1.72 bits per heavy atom. The third-order valence-corrected chi connectivity index (χ3v) is 11.7. The fraction of sp³-hybridized carbons (Fsp3) is 0.360. The van der Waals surface area contributed by atoms with E-state index in [1.54, 1.807) is 6.20 Å². The van der Waals surface area contributed by atoms with Crippen molar-refractivity contribution in [2.24, 2.45) is 0 Å². The molecular formula is C25H30N2OSi. The van der Waals surface area contributed by atoms with Gasteiger partial charge in [-0.1, -0.05) is 75.4 Å². The highest BCUT2D eigenvalue weighted by Crippen LogP contribution is 2.45. The molecule has 2 atom stereocenters. The summed E-state index contributed by atoms with van der Waals surface area (Å²) in [6, 6.07) is 24.8. The lowest BCUT2D eigenvalue weighted by atomic mass is 10.1. The number of fused-ring (bicyclic) bond motifs is 1. The van der Waals surface area contributed by atoms with Crippen molar-refractivity contribution in [1.82, 2.24) is 10.2 Å². The van der Waals surface area contributed by atoms with Crippen molar-refractivity contribution in [3.63, 3.8) is 0 Å². The maximum absolute atomic E-state index is 7.33. The number of rotatable bonds is 5. The minimum absolute atomic E-state index is 0.0232. The normalized spacial score (nSPS) is 20.1. The first kappa shape index (κ1) is 20.0. The predicted octanol–water partition coefficient (Wildman–Crippen LogP) is 5.38. The summed E-state index contributed by atoms with van der Waals surface area (Å²) < 4.78 is 7.33. The van der Waals surface area contributed by atoms with E-state index >= 15 is 0 Å². The Morgan fingerprint density at radius 3 is 2.45 bits per heavy atom. The lowest BCUT2D eigenvalue weighted by Crippen LogP contribution is -2.61. The molecule has 0 bridgehead atoms. The summed E-state index contributed by atoms with van der Waals surface area (Å²) >= 11 is 0. The molecule has 2 heterocycles. The van der Waals surface area contributed by atoms with E-state index in [0.717, 1.165) is 24.6 Å². The molecular weight excluding hydrogens is 372 g/mol. The van der Waals surface area contributed by atoms with Gasteiger partial charge in [-0.2, -0.15) is 10.2 Å². The first-order valence-corrected chi connectivity index (χ1v) is 12.7. The van der Waals surface area contributed by atoms with Crippen LogP contribution in [0.15, 0.2) is 72.9 Å². The first-order valence-electron chi connectivity index (χ1n) is 10.6. The molecule has 0 saturated heterocycles. The van der Waals surface area contributed by atoms with E-state index in [-0.39, 0.29) is 11.1 Å². The molecule has 0 amide bonds. The zero-order valence-electron chi connectivity index (χ0n) is 17.6. The van der Waals surface area contributed by atoms with Crippen LogP contribution in [0, 0.1) is 0 Å². The largest absolute Gasteiger partial charge is 0.405 e. The Kier molecular flexibility index (Phi) is 5.66. The number of benzene rings is 2. The standard InChI is InChI=1S/C25H30N2OSi/c1-25(2,3)29(18-10-14-21-13-7-8-16-24(21)29)28-23(20-11-5-4-6-12-20)19-22-15-9-17-26-27-22/h4-9,11-13,15-17,23H,10,14,18-19H2,1-3H3/t23-,29?/m0/s1. The molecule has 0 saturated carbocycles. The third kappa shape index (κ3) is 4.05. The highest BCUT2D eigenvalue weighted by atomic mass is 28.4. The van der Waals surface area contributed by atoms with Gasteiger partial charge in [-0.05, 0) is 52.4 Å². The molecule has 0 fully saturated rings. The molecule has 1 unspecified atom stereocenters. The smallest absolute Gasteiger partial charge is 0.230 e. The highest BCUT2D eigenvalue weighted by Gasteiger charge is 2.51. The molecule has 29 heavy (non-hydrogen) atoms. The fourth-order valence-corrected chi connectivity index (χ4v) is 9.54. The Labute approximate surface area is 175 Å². The van der Waals surface area contributed by atoms with Gasteiger partial charge in [0.2, 0.25) is 8.32 Å². The summed E-state index contributed by atoms with van der Waals surface area (Å²) in [5.41, 5.74) is 3.67. The quantitative estimate of drug-likeness (QED) is 0.538. The molecule has 1 aliphatic rings. The van der Waals surface area contributed by atoms with Crippen molar-refractivity contribution in [1.29, 1.82) is 0 Å². The third-order valence-electron chi connectivity index (χ3n) is 6.18. The van der Waals surface area contributed by atoms with Crippen LogP contribution in [-0.2, 0) is 17.3 Å². The van der Waals surface area contributed by atoms with Gasteiger partial charge in [-0.3, -0.25) is 0 Å². The van der Waals surface area contributed by atoms with Crippen LogP contribution in [-0.4, -0.2) is 18.5 Å². The molecule has 0 radical (unpaired) electrons. The zero-order valence-corrected chi connectivity index (χ0v) is 18.6. The lowest BCUT2D eigenvalue weighted by molar-refractivity contribution is 0.181. The van der Waals surface area contributed by atoms with E-state index in [1.165, 1.54) is 22.7 Å². The predicted molar refractivity (Wildman–Crippen MR) is 121 cm³/mol. The highest BCUT2D eigenvalue weighted by molar-refractivity contribution is 6.89. The van der Waals surface area contributed by atoms with Gasteiger partial charge in [-0.15, -0.1) is 0 Å². The second-order valence-corrected chi connectivity index (χ2v) is 13.5. The van der Waals surface area contributed by atoms with Crippen molar-refractivity contribution in [3.8, 4) is 0 Å². The molecule has 3 aromatic rings. The molecule has 4 rings (SSSR count). The lowest BCUT2D eigenvalue weighted by Gasteiger charge is -2.47. The minimum Gasteiger partial charge on any atom is -0.405 e. The van der Waals surface area contributed by atoms with Crippen LogP contribution in [0.4, 0.5) is 0 Å². The number of aryl methyl sites for hydroxylation is 1. The summed E-state index contributed by atoms with van der Waals surface area (Å²) in [4.78, 5) is 0. The number of hydrogen-bond acceptors (Lipinski definition) is 3. The second-order valence-electron chi connectivity index (χ2n) is 9.02. The first-order chi connectivity index (χ1) is 14.0. The molecule has 0 spiro atoms. The van der Waals surface area contributed by atoms with E-state index in [2.05, 4.69) is 85.6 Å². The zero-order chi connectivity index (χ0) is 20.3. The van der Waals surface area contributed by atoms with Crippen molar-refractivity contribution < 1.29 is 4.43 Å². The van der Waals surface area contributed by atoms with Gasteiger partial charge in [0, 0.05) is 12.6 Å². The molecule has 150 valence electrons. The fourth-order valence-electron chi connectivity index (χ4n) is 4.64. The van der Waals surface area contributed by atoms with Crippen molar-refractivity contribution in [3.05, 3.63) is 89.7 Å². The van der Waals surface area contributed by atoms with Crippen LogP contribution in [0.2, 0.25) is 11.1 Å². The number of aromatic nitrogens is 2. The van der Waals surface area contributed by atoms with E-state index < -0.39 is 8.32 Å². The van der Waals surface area contributed by atoms with Gasteiger partial charge in [-0.25, -0.2) is 0 Å². The van der Waals surface area contributed by atoms with Crippen molar-refractivity contribution in [2.75, 3.05) is 0 Å². The van der Waals surface area contributed by atoms with E-state index in [1.807, 2.05) is 12.1 Å². The van der Waals surface area contributed by atoms with Crippen molar-refractivity contribution >= 4 is 13.5 Å². The van der Waals surface area contributed by atoms with Crippen LogP contribution in [0.5, 0.6) is 0 Å². The van der Waals surface area contributed by atoms with Gasteiger partial charge < -0.3 is 4.43 Å². The van der Waals surface area contributed by atoms with Crippen LogP contribution >= 0.6 is 0 Å². The topological polar surface area (TPSA) is 35.0 Å². The maximum Gasteiger partial charge on any atom is 0.230 e. The van der Waals surface area contributed by atoms with Gasteiger partial charge in [0.15, 0.2) is 0 Å². The SMILES string of the molecule is CC(C)(C)[Si]1(O[C@@H](Cc2cccnn2)c2ccccc2)CCCc2ccccc21. The van der Waals surface area contributed by atoms with E-state index in [0.29, 0.717) is 0 Å². The summed E-state index contributed by atoms with van der Waals surface area (Å²) in [5.74, 6) is 0. The summed E-state index contributed by atoms with van der Waals surface area (Å²) in [7, 11) is -2.25. The molecule has 0 N–H and O–H groups in total. The maximum atomic E-state index is 7.33. The van der Waals surface area contributed by atoms with Gasteiger partial charge in [0.1, 0.15) is 0 Å². The van der Waals surface area contributed by atoms with Crippen LogP contribution < -0.4 is 5.19 Å². The average molecular weight is 403 g/mol. The average Bonchev–Trinajstić information content (AvgIpc) is 2.74. The molecule has 3 nitrogen and oxygen atoms in total. The molecule has 1 aromatic heterocycles.